The average Bonchev–Trinajstić information content (AvgIpc) is 2.93. The first-order valence-electron chi connectivity index (χ1n) is 7.43. The van der Waals surface area contributed by atoms with E-state index < -0.39 is 23.6 Å². The minimum atomic E-state index is -4.76. The summed E-state index contributed by atoms with van der Waals surface area (Å²) in [5.74, 6) is -1.25. The van der Waals surface area contributed by atoms with Gasteiger partial charge in [-0.1, -0.05) is 23.7 Å². The zero-order valence-electron chi connectivity index (χ0n) is 12.9. The van der Waals surface area contributed by atoms with Gasteiger partial charge in [0.2, 0.25) is 0 Å². The van der Waals surface area contributed by atoms with E-state index in [4.69, 9.17) is 11.6 Å². The van der Waals surface area contributed by atoms with Crippen molar-refractivity contribution in [2.75, 3.05) is 26.2 Å². The first-order chi connectivity index (χ1) is 11.4. The smallest absolute Gasteiger partial charge is 0.314 e. The number of nitrogens with one attached hydrogen (secondary N) is 1. The minimum absolute atomic E-state index is 0. The zero-order valence-corrected chi connectivity index (χ0v) is 15.3. The van der Waals surface area contributed by atoms with E-state index in [9.17, 15) is 17.6 Å². The third-order valence-corrected chi connectivity index (χ3v) is 5.29. The molecule has 2 heterocycles. The normalized spacial score (nSPS) is 17.2. The van der Waals surface area contributed by atoms with E-state index in [1.54, 1.807) is 12.1 Å². The van der Waals surface area contributed by atoms with Gasteiger partial charge in [-0.15, -0.1) is 23.7 Å². The lowest BCUT2D eigenvalue weighted by molar-refractivity contribution is -0.141. The molecular formula is C16H16Cl2F4N2S. The molecule has 138 valence electrons. The summed E-state index contributed by atoms with van der Waals surface area (Å²) >= 11 is 7.21. The summed E-state index contributed by atoms with van der Waals surface area (Å²) in [4.78, 5) is 2.61. The van der Waals surface area contributed by atoms with Gasteiger partial charge in [0.15, 0.2) is 0 Å². The van der Waals surface area contributed by atoms with Crippen molar-refractivity contribution in [1.29, 1.82) is 0 Å². The first-order valence-corrected chi connectivity index (χ1v) is 8.63. The van der Waals surface area contributed by atoms with Crippen molar-refractivity contribution < 1.29 is 17.6 Å². The summed E-state index contributed by atoms with van der Waals surface area (Å²) in [7, 11) is 0. The standard InChI is InChI=1S/C16H15ClF4N2S.ClH/c17-13-5-4-12(24-13)15(23-8-6-22-7-9-23)10-2-1-3-11(18)14(10)16(19,20)21;/h1-5,15,22H,6-9H2;1H/t15-;/m1./s1. The molecule has 0 saturated carbocycles. The summed E-state index contributed by atoms with van der Waals surface area (Å²) in [5.41, 5.74) is -1.26. The number of alkyl halides is 3. The third kappa shape index (κ3) is 4.46. The molecule has 0 radical (unpaired) electrons. The summed E-state index contributed by atoms with van der Waals surface area (Å²) in [6, 6.07) is 6.23. The van der Waals surface area contributed by atoms with Gasteiger partial charge in [-0.3, -0.25) is 4.90 Å². The van der Waals surface area contributed by atoms with Gasteiger partial charge in [0.25, 0.3) is 0 Å². The molecular weight excluding hydrogens is 399 g/mol. The predicted molar refractivity (Wildman–Crippen MR) is 94.3 cm³/mol. The molecule has 1 aliphatic heterocycles. The van der Waals surface area contributed by atoms with Crippen molar-refractivity contribution in [2.24, 2.45) is 0 Å². The highest BCUT2D eigenvalue weighted by atomic mass is 35.5. The van der Waals surface area contributed by atoms with Gasteiger partial charge in [-0.25, -0.2) is 4.39 Å². The largest absolute Gasteiger partial charge is 0.419 e. The minimum Gasteiger partial charge on any atom is -0.314 e. The first kappa shape index (κ1) is 20.5. The Morgan fingerprint density at radius 3 is 2.36 bits per heavy atom. The SMILES string of the molecule is Cl.Fc1cccc([C@H](c2ccc(Cl)s2)N2CCNCC2)c1C(F)(F)F. The van der Waals surface area contributed by atoms with E-state index in [1.165, 1.54) is 23.5 Å². The van der Waals surface area contributed by atoms with E-state index >= 15 is 0 Å². The van der Waals surface area contributed by atoms with Crippen molar-refractivity contribution in [3.63, 3.8) is 0 Å². The van der Waals surface area contributed by atoms with Crippen LogP contribution in [0.3, 0.4) is 0 Å². The Labute approximate surface area is 158 Å². The van der Waals surface area contributed by atoms with E-state index in [-0.39, 0.29) is 18.0 Å². The fraction of sp³-hybridized carbons (Fsp3) is 0.375. The van der Waals surface area contributed by atoms with Crippen LogP contribution in [0.5, 0.6) is 0 Å². The van der Waals surface area contributed by atoms with Crippen molar-refractivity contribution in [3.8, 4) is 0 Å². The van der Waals surface area contributed by atoms with Crippen LogP contribution in [-0.4, -0.2) is 31.1 Å². The topological polar surface area (TPSA) is 15.3 Å². The maximum atomic E-state index is 14.0. The van der Waals surface area contributed by atoms with Crippen LogP contribution < -0.4 is 5.32 Å². The molecule has 0 bridgehead atoms. The van der Waals surface area contributed by atoms with Gasteiger partial charge in [0, 0.05) is 31.1 Å². The number of halogens is 6. The molecule has 1 aromatic heterocycles. The maximum absolute atomic E-state index is 14.0. The Kier molecular flexibility index (Phi) is 6.73. The number of hydrogen-bond acceptors (Lipinski definition) is 3. The van der Waals surface area contributed by atoms with Gasteiger partial charge >= 0.3 is 6.18 Å². The average molecular weight is 415 g/mol. The van der Waals surface area contributed by atoms with Crippen LogP contribution in [0, 0.1) is 5.82 Å². The van der Waals surface area contributed by atoms with E-state index in [0.717, 1.165) is 6.07 Å². The summed E-state index contributed by atoms with van der Waals surface area (Å²) in [6.45, 7) is 2.50. The van der Waals surface area contributed by atoms with Crippen LogP contribution in [0.25, 0.3) is 0 Å². The fourth-order valence-electron chi connectivity index (χ4n) is 3.01. The van der Waals surface area contributed by atoms with Gasteiger partial charge in [-0.2, -0.15) is 13.2 Å². The Morgan fingerprint density at radius 2 is 1.80 bits per heavy atom. The second-order valence-corrected chi connectivity index (χ2v) is 7.28. The van der Waals surface area contributed by atoms with Crippen molar-refractivity contribution >= 4 is 35.3 Å². The molecule has 2 nitrogen and oxygen atoms in total. The number of hydrogen-bond donors (Lipinski definition) is 1. The predicted octanol–water partition coefficient (Wildman–Crippen LogP) is 4.98. The van der Waals surface area contributed by atoms with Crippen molar-refractivity contribution in [2.45, 2.75) is 12.2 Å². The van der Waals surface area contributed by atoms with Gasteiger partial charge in [0.1, 0.15) is 5.82 Å². The lowest BCUT2D eigenvalue weighted by Gasteiger charge is -2.35. The highest BCUT2D eigenvalue weighted by Gasteiger charge is 2.40. The van der Waals surface area contributed by atoms with Crippen LogP contribution in [0.4, 0.5) is 17.6 Å². The van der Waals surface area contributed by atoms with Crippen molar-refractivity contribution in [1.82, 2.24) is 10.2 Å². The second kappa shape index (κ2) is 8.22. The molecule has 0 amide bonds. The van der Waals surface area contributed by atoms with E-state index in [2.05, 4.69) is 5.32 Å². The Hall–Kier alpha value is -0.860. The monoisotopic (exact) mass is 414 g/mol. The van der Waals surface area contributed by atoms with Gasteiger partial charge in [-0.05, 0) is 23.8 Å². The van der Waals surface area contributed by atoms with Crippen LogP contribution in [-0.2, 0) is 6.18 Å². The Bertz CT molecular complexity index is 714. The number of nitrogens with zero attached hydrogens (tertiary/aromatic N) is 1. The van der Waals surface area contributed by atoms with Gasteiger partial charge in [0.05, 0.1) is 15.9 Å². The second-order valence-electron chi connectivity index (χ2n) is 5.53. The van der Waals surface area contributed by atoms with Crippen molar-refractivity contribution in [3.05, 3.63) is 56.5 Å². The molecule has 0 aliphatic carbocycles. The lowest BCUT2D eigenvalue weighted by Crippen LogP contribution is -2.45. The molecule has 0 unspecified atom stereocenters. The number of piperazine rings is 1. The molecule has 25 heavy (non-hydrogen) atoms. The molecule has 1 atom stereocenters. The molecule has 1 aliphatic rings. The van der Waals surface area contributed by atoms with Crippen LogP contribution in [0.1, 0.15) is 22.0 Å². The number of benzene rings is 1. The Morgan fingerprint density at radius 1 is 1.12 bits per heavy atom. The molecule has 1 fully saturated rings. The molecule has 3 rings (SSSR count). The third-order valence-electron chi connectivity index (χ3n) is 4.00. The number of thiophene rings is 1. The molecule has 1 saturated heterocycles. The lowest BCUT2D eigenvalue weighted by atomic mass is 9.96. The molecule has 1 aromatic carbocycles. The summed E-state index contributed by atoms with van der Waals surface area (Å²) in [6.07, 6.45) is -4.76. The van der Waals surface area contributed by atoms with Gasteiger partial charge < -0.3 is 5.32 Å². The zero-order chi connectivity index (χ0) is 17.3. The molecule has 1 N–H and O–H groups in total. The number of rotatable bonds is 3. The van der Waals surface area contributed by atoms with Crippen LogP contribution in [0.15, 0.2) is 30.3 Å². The summed E-state index contributed by atoms with van der Waals surface area (Å²) < 4.78 is 54.9. The van der Waals surface area contributed by atoms with E-state index in [0.29, 0.717) is 35.4 Å². The summed E-state index contributed by atoms with van der Waals surface area (Å²) in [5, 5.41) is 3.17. The maximum Gasteiger partial charge on any atom is 0.419 e. The fourth-order valence-corrected chi connectivity index (χ4v) is 4.23. The van der Waals surface area contributed by atoms with E-state index in [1.807, 2.05) is 4.90 Å². The van der Waals surface area contributed by atoms with Crippen LogP contribution >= 0.6 is 35.3 Å². The molecule has 9 heteroatoms. The molecule has 2 aromatic rings. The quantitative estimate of drug-likeness (QED) is 0.712. The highest BCUT2D eigenvalue weighted by Crippen LogP contribution is 2.42. The van der Waals surface area contributed by atoms with Crippen LogP contribution in [0.2, 0.25) is 4.34 Å². The highest BCUT2D eigenvalue weighted by molar-refractivity contribution is 7.16. The Balaban J connectivity index is 0.00000225. The molecule has 0 spiro atoms.